The second kappa shape index (κ2) is 12.4. The van der Waals surface area contributed by atoms with Gasteiger partial charge in [0.25, 0.3) is 5.69 Å². The van der Waals surface area contributed by atoms with Crippen LogP contribution in [0.4, 0.5) is 11.4 Å². The topological polar surface area (TPSA) is 121 Å². The lowest BCUT2D eigenvalue weighted by Gasteiger charge is -2.12. The first-order valence-electron chi connectivity index (χ1n) is 11.7. The number of nitro groups is 1. The van der Waals surface area contributed by atoms with Gasteiger partial charge in [-0.3, -0.25) is 19.5 Å². The molecule has 0 fully saturated rings. The van der Waals surface area contributed by atoms with E-state index in [1.54, 1.807) is 23.6 Å². The predicted octanol–water partition coefficient (Wildman–Crippen LogP) is 6.02. The maximum absolute atomic E-state index is 12.8. The predicted molar refractivity (Wildman–Crippen MR) is 147 cm³/mol. The molecule has 0 saturated heterocycles. The summed E-state index contributed by atoms with van der Waals surface area (Å²) in [5, 5.41) is 23.7. The minimum absolute atomic E-state index is 0.0674. The molecule has 1 N–H and O–H groups in total. The molecule has 196 valence electrons. The molecule has 1 aromatic heterocycles. The van der Waals surface area contributed by atoms with Gasteiger partial charge in [0, 0.05) is 11.3 Å². The Morgan fingerprint density at radius 3 is 2.39 bits per heavy atom. The van der Waals surface area contributed by atoms with Gasteiger partial charge in [-0.2, -0.15) is 0 Å². The van der Waals surface area contributed by atoms with Crippen LogP contribution in [0, 0.1) is 10.1 Å². The minimum atomic E-state index is -0.566. The third-order valence-corrected chi connectivity index (χ3v) is 6.50. The number of carbonyl (C=O) groups is 1. The number of thioether (sulfide) groups is 1. The van der Waals surface area contributed by atoms with Gasteiger partial charge in [0.15, 0.2) is 11.0 Å². The zero-order valence-corrected chi connectivity index (χ0v) is 22.2. The summed E-state index contributed by atoms with van der Waals surface area (Å²) < 4.78 is 12.7. The van der Waals surface area contributed by atoms with E-state index in [-0.39, 0.29) is 17.1 Å². The van der Waals surface area contributed by atoms with E-state index in [9.17, 15) is 14.9 Å². The molecule has 38 heavy (non-hydrogen) atoms. The highest BCUT2D eigenvalue weighted by Crippen LogP contribution is 2.33. The average Bonchev–Trinajstić information content (AvgIpc) is 3.33. The van der Waals surface area contributed by atoms with Gasteiger partial charge in [-0.05, 0) is 62.4 Å². The van der Waals surface area contributed by atoms with Crippen molar-refractivity contribution in [3.05, 3.63) is 81.9 Å². The van der Waals surface area contributed by atoms with Crippen LogP contribution in [0.15, 0.2) is 71.9 Å². The fourth-order valence-electron chi connectivity index (χ4n) is 3.61. The van der Waals surface area contributed by atoms with Gasteiger partial charge in [0.05, 0.1) is 35.0 Å². The Morgan fingerprint density at radius 2 is 1.71 bits per heavy atom. The molecule has 1 heterocycles. The molecule has 4 aromatic rings. The van der Waals surface area contributed by atoms with Gasteiger partial charge < -0.3 is 14.8 Å². The smallest absolute Gasteiger partial charge is 0.296 e. The van der Waals surface area contributed by atoms with Crippen molar-refractivity contribution in [2.75, 3.05) is 24.3 Å². The molecule has 10 nitrogen and oxygen atoms in total. The third-order valence-electron chi connectivity index (χ3n) is 5.24. The molecule has 12 heteroatoms. The largest absolute Gasteiger partial charge is 0.494 e. The van der Waals surface area contributed by atoms with E-state index < -0.39 is 10.8 Å². The van der Waals surface area contributed by atoms with Crippen LogP contribution < -0.4 is 14.8 Å². The fraction of sp³-hybridized carbons (Fsp3) is 0.192. The lowest BCUT2D eigenvalue weighted by Crippen LogP contribution is -2.15. The summed E-state index contributed by atoms with van der Waals surface area (Å²) in [4.78, 5) is 23.7. The highest BCUT2D eigenvalue weighted by atomic mass is 35.5. The molecule has 0 atom stereocenters. The standard InChI is InChI=1S/C26H24ClN5O5S/c1-3-36-18-11-9-17(10-12-18)31-25(20-7-5-6-8-21(20)27)29-30-26(31)38-16-24(33)28-22-14-13-19(37-4-2)15-23(22)32(34)35/h5-15H,3-4,16H2,1-2H3,(H,28,33). The van der Waals surface area contributed by atoms with Gasteiger partial charge in [-0.1, -0.05) is 35.5 Å². The van der Waals surface area contributed by atoms with E-state index >= 15 is 0 Å². The van der Waals surface area contributed by atoms with Crippen LogP contribution in [0.1, 0.15) is 13.8 Å². The summed E-state index contributed by atoms with van der Waals surface area (Å²) in [6.07, 6.45) is 0. The molecular weight excluding hydrogens is 530 g/mol. The number of amides is 1. The van der Waals surface area contributed by atoms with Crippen molar-refractivity contribution in [1.82, 2.24) is 14.8 Å². The molecule has 0 aliphatic carbocycles. The number of ether oxygens (including phenoxy) is 2. The van der Waals surface area contributed by atoms with E-state index in [2.05, 4.69) is 15.5 Å². The lowest BCUT2D eigenvalue weighted by molar-refractivity contribution is -0.384. The Balaban J connectivity index is 1.59. The minimum Gasteiger partial charge on any atom is -0.494 e. The monoisotopic (exact) mass is 553 g/mol. The van der Waals surface area contributed by atoms with E-state index in [4.69, 9.17) is 21.1 Å². The van der Waals surface area contributed by atoms with E-state index in [0.29, 0.717) is 46.3 Å². The van der Waals surface area contributed by atoms with Crippen LogP contribution in [-0.2, 0) is 4.79 Å². The first-order valence-corrected chi connectivity index (χ1v) is 13.0. The second-order valence-electron chi connectivity index (χ2n) is 7.75. The van der Waals surface area contributed by atoms with E-state index in [1.165, 1.54) is 12.1 Å². The number of halogens is 1. The third kappa shape index (κ3) is 6.24. The Kier molecular flexibility index (Phi) is 8.82. The lowest BCUT2D eigenvalue weighted by atomic mass is 10.2. The van der Waals surface area contributed by atoms with Crippen LogP contribution in [0.3, 0.4) is 0 Å². The van der Waals surface area contributed by atoms with Crippen LogP contribution in [-0.4, -0.2) is 44.6 Å². The summed E-state index contributed by atoms with van der Waals surface area (Å²) in [5.41, 5.74) is 1.25. The van der Waals surface area contributed by atoms with Crippen molar-refractivity contribution in [2.24, 2.45) is 0 Å². The highest BCUT2D eigenvalue weighted by Gasteiger charge is 2.21. The summed E-state index contributed by atoms with van der Waals surface area (Å²) in [6, 6.07) is 19.0. The van der Waals surface area contributed by atoms with Crippen molar-refractivity contribution >= 4 is 40.6 Å². The van der Waals surface area contributed by atoms with Crippen molar-refractivity contribution in [3.63, 3.8) is 0 Å². The molecule has 3 aromatic carbocycles. The summed E-state index contributed by atoms with van der Waals surface area (Å²) in [5.74, 6) is 1.06. The van der Waals surface area contributed by atoms with Gasteiger partial charge in [0.2, 0.25) is 5.91 Å². The van der Waals surface area contributed by atoms with Crippen molar-refractivity contribution in [2.45, 2.75) is 19.0 Å². The number of nitrogens with zero attached hydrogens (tertiary/aromatic N) is 4. The molecular formula is C26H24ClN5O5S. The van der Waals surface area contributed by atoms with Gasteiger partial charge in [-0.25, -0.2) is 0 Å². The first-order chi connectivity index (χ1) is 18.4. The summed E-state index contributed by atoms with van der Waals surface area (Å²) >= 11 is 7.59. The summed E-state index contributed by atoms with van der Waals surface area (Å²) in [6.45, 7) is 4.59. The van der Waals surface area contributed by atoms with Crippen molar-refractivity contribution in [3.8, 4) is 28.6 Å². The average molecular weight is 554 g/mol. The van der Waals surface area contributed by atoms with Crippen LogP contribution >= 0.6 is 23.4 Å². The number of hydrogen-bond acceptors (Lipinski definition) is 8. The Bertz CT molecular complexity index is 1440. The van der Waals surface area contributed by atoms with Gasteiger partial charge >= 0.3 is 0 Å². The zero-order valence-electron chi connectivity index (χ0n) is 20.6. The van der Waals surface area contributed by atoms with E-state index in [1.807, 2.05) is 49.4 Å². The number of benzene rings is 3. The van der Waals surface area contributed by atoms with Crippen molar-refractivity contribution < 1.29 is 19.2 Å². The molecule has 0 bridgehead atoms. The Morgan fingerprint density at radius 1 is 1.03 bits per heavy atom. The number of aromatic nitrogens is 3. The van der Waals surface area contributed by atoms with Gasteiger partial charge in [-0.15, -0.1) is 10.2 Å². The quantitative estimate of drug-likeness (QED) is 0.136. The highest BCUT2D eigenvalue weighted by molar-refractivity contribution is 7.99. The number of nitro benzene ring substituents is 1. The van der Waals surface area contributed by atoms with Crippen LogP contribution in [0.5, 0.6) is 11.5 Å². The maximum atomic E-state index is 12.8. The molecule has 0 aliphatic heterocycles. The molecule has 0 spiro atoms. The summed E-state index contributed by atoms with van der Waals surface area (Å²) in [7, 11) is 0. The van der Waals surface area contributed by atoms with E-state index in [0.717, 1.165) is 17.4 Å². The van der Waals surface area contributed by atoms with Crippen molar-refractivity contribution in [1.29, 1.82) is 0 Å². The molecule has 0 aliphatic rings. The fourth-order valence-corrected chi connectivity index (χ4v) is 4.58. The maximum Gasteiger partial charge on any atom is 0.296 e. The second-order valence-corrected chi connectivity index (χ2v) is 9.10. The van der Waals surface area contributed by atoms with Crippen LogP contribution in [0.2, 0.25) is 5.02 Å². The van der Waals surface area contributed by atoms with Crippen LogP contribution in [0.25, 0.3) is 17.1 Å². The number of rotatable bonds is 11. The number of hydrogen-bond donors (Lipinski definition) is 1. The normalized spacial score (nSPS) is 10.7. The Labute approximate surface area is 228 Å². The molecule has 4 rings (SSSR count). The SMILES string of the molecule is CCOc1ccc(-n2c(SCC(=O)Nc3ccc(OCC)cc3[N+](=O)[O-])nnc2-c2ccccc2Cl)cc1. The molecule has 0 radical (unpaired) electrons. The first kappa shape index (κ1) is 27.0. The number of anilines is 1. The molecule has 1 amide bonds. The molecule has 0 unspecified atom stereocenters. The van der Waals surface area contributed by atoms with Gasteiger partial charge in [0.1, 0.15) is 17.2 Å². The molecule has 0 saturated carbocycles. The number of nitrogens with one attached hydrogen (secondary N) is 1. The number of carbonyl (C=O) groups excluding carboxylic acids is 1. The Hall–Kier alpha value is -4.09. The zero-order chi connectivity index (χ0) is 27.1.